The predicted molar refractivity (Wildman–Crippen MR) is 90.2 cm³/mol. The molecule has 0 heterocycles. The molecule has 2 aromatic rings. The van der Waals surface area contributed by atoms with Gasteiger partial charge in [-0.05, 0) is 61.1 Å². The van der Waals surface area contributed by atoms with Crippen LogP contribution in [0.3, 0.4) is 0 Å². The quantitative estimate of drug-likeness (QED) is 0.816. The Morgan fingerprint density at radius 1 is 1.04 bits per heavy atom. The second kappa shape index (κ2) is 7.32. The number of sulfonamides is 1. The number of rotatable bonds is 6. The summed E-state index contributed by atoms with van der Waals surface area (Å²) in [5, 5.41) is 0. The zero-order valence-electron chi connectivity index (χ0n) is 13.3. The minimum atomic E-state index is -3.58. The third kappa shape index (κ3) is 3.94. The van der Waals surface area contributed by atoms with Crippen LogP contribution in [-0.4, -0.2) is 21.6 Å². The van der Waals surface area contributed by atoms with Gasteiger partial charge in [-0.25, -0.2) is 17.5 Å². The number of ether oxygens (including phenoxy) is 1. The summed E-state index contributed by atoms with van der Waals surface area (Å²) in [5.74, 6) is -0.347. The molecule has 3 rings (SSSR count). The van der Waals surface area contributed by atoms with Crippen LogP contribution in [-0.2, 0) is 22.9 Å². The fourth-order valence-corrected chi connectivity index (χ4v) is 3.92. The minimum absolute atomic E-state index is 0.0606. The number of fused-ring (bicyclic) bond motifs is 1. The summed E-state index contributed by atoms with van der Waals surface area (Å²) in [6.07, 6.45) is 4.19. The molecular weight excluding hydrogens is 329 g/mol. The van der Waals surface area contributed by atoms with Crippen LogP contribution in [0.25, 0.3) is 0 Å². The summed E-state index contributed by atoms with van der Waals surface area (Å²) in [6, 6.07) is 11.3. The van der Waals surface area contributed by atoms with Crippen molar-refractivity contribution in [2.45, 2.75) is 30.6 Å². The van der Waals surface area contributed by atoms with Crippen LogP contribution in [0, 0.1) is 5.82 Å². The van der Waals surface area contributed by atoms with E-state index in [2.05, 4.69) is 4.72 Å². The first-order chi connectivity index (χ1) is 11.6. The summed E-state index contributed by atoms with van der Waals surface area (Å²) in [5.41, 5.74) is 2.36. The molecule has 0 atom stereocenters. The molecule has 1 aliphatic rings. The maximum Gasteiger partial charge on any atom is 0.240 e. The van der Waals surface area contributed by atoms with E-state index in [0.29, 0.717) is 0 Å². The van der Waals surface area contributed by atoms with E-state index in [1.54, 1.807) is 24.3 Å². The fourth-order valence-electron chi connectivity index (χ4n) is 2.86. The van der Waals surface area contributed by atoms with Crippen molar-refractivity contribution in [3.8, 4) is 5.75 Å². The van der Waals surface area contributed by atoms with E-state index in [9.17, 15) is 12.8 Å². The third-order valence-corrected chi connectivity index (χ3v) is 5.58. The van der Waals surface area contributed by atoms with Crippen molar-refractivity contribution >= 4 is 10.0 Å². The van der Waals surface area contributed by atoms with Gasteiger partial charge in [0.25, 0.3) is 0 Å². The Bertz CT molecular complexity index is 821. The maximum atomic E-state index is 13.4. The van der Waals surface area contributed by atoms with E-state index in [1.165, 1.54) is 17.7 Å². The van der Waals surface area contributed by atoms with E-state index in [0.717, 1.165) is 31.2 Å². The number of nitrogens with one attached hydrogen (secondary N) is 1. The van der Waals surface area contributed by atoms with Gasteiger partial charge in [0, 0.05) is 6.54 Å². The van der Waals surface area contributed by atoms with Crippen LogP contribution in [0.15, 0.2) is 47.4 Å². The smallest absolute Gasteiger partial charge is 0.240 e. The first kappa shape index (κ1) is 16.9. The Morgan fingerprint density at radius 3 is 2.58 bits per heavy atom. The lowest BCUT2D eigenvalue weighted by molar-refractivity contribution is 0.306. The molecule has 0 amide bonds. The molecular formula is C18H20FNO3S. The van der Waals surface area contributed by atoms with Crippen molar-refractivity contribution in [1.29, 1.82) is 0 Å². The van der Waals surface area contributed by atoms with Crippen molar-refractivity contribution < 1.29 is 17.5 Å². The SMILES string of the molecule is O=S(=O)(NCCOc1ccccc1F)c1ccc2c(c1)CCCC2. The van der Waals surface area contributed by atoms with Crippen molar-refractivity contribution in [2.24, 2.45) is 0 Å². The Hall–Kier alpha value is -1.92. The van der Waals surface area contributed by atoms with Gasteiger partial charge in [0.05, 0.1) is 4.90 Å². The van der Waals surface area contributed by atoms with Crippen LogP contribution in [0.4, 0.5) is 4.39 Å². The summed E-state index contributed by atoms with van der Waals surface area (Å²) < 4.78 is 45.9. The lowest BCUT2D eigenvalue weighted by Crippen LogP contribution is -2.28. The van der Waals surface area contributed by atoms with Gasteiger partial charge in [-0.3, -0.25) is 0 Å². The molecule has 0 saturated carbocycles. The average molecular weight is 349 g/mol. The van der Waals surface area contributed by atoms with Gasteiger partial charge in [-0.2, -0.15) is 0 Å². The molecule has 0 spiro atoms. The van der Waals surface area contributed by atoms with E-state index in [1.807, 2.05) is 6.07 Å². The Labute approximate surface area is 141 Å². The monoisotopic (exact) mass is 349 g/mol. The highest BCUT2D eigenvalue weighted by molar-refractivity contribution is 7.89. The van der Waals surface area contributed by atoms with Crippen LogP contribution in [0.1, 0.15) is 24.0 Å². The number of aryl methyl sites for hydroxylation is 2. The first-order valence-electron chi connectivity index (χ1n) is 8.05. The molecule has 2 aromatic carbocycles. The molecule has 4 nitrogen and oxygen atoms in total. The zero-order chi connectivity index (χ0) is 17.0. The number of benzene rings is 2. The van der Waals surface area contributed by atoms with Crippen LogP contribution >= 0.6 is 0 Å². The second-order valence-electron chi connectivity index (χ2n) is 5.81. The van der Waals surface area contributed by atoms with Gasteiger partial charge in [-0.1, -0.05) is 18.2 Å². The van der Waals surface area contributed by atoms with Gasteiger partial charge >= 0.3 is 0 Å². The lowest BCUT2D eigenvalue weighted by Gasteiger charge is -2.16. The van der Waals surface area contributed by atoms with Crippen LogP contribution < -0.4 is 9.46 Å². The van der Waals surface area contributed by atoms with Crippen LogP contribution in [0.5, 0.6) is 5.75 Å². The number of hydrogen-bond acceptors (Lipinski definition) is 3. The summed E-state index contributed by atoms with van der Waals surface area (Å²) >= 11 is 0. The average Bonchev–Trinajstić information content (AvgIpc) is 2.59. The molecule has 0 fully saturated rings. The van der Waals surface area contributed by atoms with E-state index in [4.69, 9.17) is 4.74 Å². The Morgan fingerprint density at radius 2 is 1.79 bits per heavy atom. The van der Waals surface area contributed by atoms with Gasteiger partial charge in [0.1, 0.15) is 6.61 Å². The number of hydrogen-bond donors (Lipinski definition) is 1. The molecule has 1 N–H and O–H groups in total. The molecule has 0 unspecified atom stereocenters. The molecule has 6 heteroatoms. The molecule has 1 aliphatic carbocycles. The molecule has 0 radical (unpaired) electrons. The Balaban J connectivity index is 1.59. The highest BCUT2D eigenvalue weighted by Crippen LogP contribution is 2.24. The topological polar surface area (TPSA) is 55.4 Å². The summed E-state index contributed by atoms with van der Waals surface area (Å²) in [6.45, 7) is 0.138. The number of halogens is 1. The van der Waals surface area contributed by atoms with Gasteiger partial charge in [0.15, 0.2) is 11.6 Å². The zero-order valence-corrected chi connectivity index (χ0v) is 14.1. The van der Waals surface area contributed by atoms with Crippen molar-refractivity contribution in [3.63, 3.8) is 0 Å². The number of para-hydroxylation sites is 1. The lowest BCUT2D eigenvalue weighted by atomic mass is 9.92. The molecule has 128 valence electrons. The van der Waals surface area contributed by atoms with E-state index in [-0.39, 0.29) is 23.8 Å². The van der Waals surface area contributed by atoms with Gasteiger partial charge in [0.2, 0.25) is 10.0 Å². The second-order valence-corrected chi connectivity index (χ2v) is 7.58. The molecule has 0 aliphatic heterocycles. The third-order valence-electron chi connectivity index (χ3n) is 4.12. The molecule has 24 heavy (non-hydrogen) atoms. The minimum Gasteiger partial charge on any atom is -0.489 e. The van der Waals surface area contributed by atoms with Gasteiger partial charge in [-0.15, -0.1) is 0 Å². The predicted octanol–water partition coefficient (Wildman–Crippen LogP) is 3.06. The van der Waals surface area contributed by atoms with Crippen molar-refractivity contribution in [1.82, 2.24) is 4.72 Å². The normalized spacial score (nSPS) is 14.2. The van der Waals surface area contributed by atoms with Crippen molar-refractivity contribution in [2.75, 3.05) is 13.2 Å². The fraction of sp³-hybridized carbons (Fsp3) is 0.333. The maximum absolute atomic E-state index is 13.4. The van der Waals surface area contributed by atoms with E-state index < -0.39 is 15.8 Å². The van der Waals surface area contributed by atoms with E-state index >= 15 is 0 Å². The van der Waals surface area contributed by atoms with Crippen molar-refractivity contribution in [3.05, 3.63) is 59.4 Å². The highest BCUT2D eigenvalue weighted by atomic mass is 32.2. The molecule has 0 bridgehead atoms. The largest absolute Gasteiger partial charge is 0.489 e. The highest BCUT2D eigenvalue weighted by Gasteiger charge is 2.17. The molecule has 0 saturated heterocycles. The summed E-state index contributed by atoms with van der Waals surface area (Å²) in [4.78, 5) is 0.272. The summed E-state index contributed by atoms with van der Waals surface area (Å²) in [7, 11) is -3.58. The van der Waals surface area contributed by atoms with Crippen LogP contribution in [0.2, 0.25) is 0 Å². The first-order valence-corrected chi connectivity index (χ1v) is 9.53. The molecule has 0 aromatic heterocycles. The standard InChI is InChI=1S/C18H20FNO3S/c19-17-7-3-4-8-18(17)23-12-11-20-24(21,22)16-10-9-14-5-1-2-6-15(14)13-16/h3-4,7-10,13,20H,1-2,5-6,11-12H2. The Kier molecular flexibility index (Phi) is 5.16. The van der Waals surface area contributed by atoms with Gasteiger partial charge < -0.3 is 4.74 Å².